The molecule has 1 aromatic rings. The van der Waals surface area contributed by atoms with Crippen molar-refractivity contribution in [2.75, 3.05) is 25.4 Å². The smallest absolute Gasteiger partial charge is 0.251 e. The molecular formula is C15H21F2N3O. The van der Waals surface area contributed by atoms with Gasteiger partial charge in [0.25, 0.3) is 5.91 Å². The van der Waals surface area contributed by atoms with Crippen molar-refractivity contribution in [1.29, 1.82) is 0 Å². The van der Waals surface area contributed by atoms with Crippen LogP contribution in [0.4, 0.5) is 14.5 Å². The first-order valence-corrected chi connectivity index (χ1v) is 7.26. The second-order valence-electron chi connectivity index (χ2n) is 5.51. The van der Waals surface area contributed by atoms with E-state index in [1.807, 2.05) is 6.92 Å². The summed E-state index contributed by atoms with van der Waals surface area (Å²) < 4.78 is 26.7. The van der Waals surface area contributed by atoms with Crippen molar-refractivity contribution >= 4 is 11.6 Å². The van der Waals surface area contributed by atoms with E-state index in [4.69, 9.17) is 5.73 Å². The highest BCUT2D eigenvalue weighted by Gasteiger charge is 2.18. The molecule has 1 heterocycles. The van der Waals surface area contributed by atoms with Gasteiger partial charge in [-0.15, -0.1) is 0 Å². The molecule has 0 spiro atoms. The fraction of sp³-hybridized carbons (Fsp3) is 0.533. The van der Waals surface area contributed by atoms with Crippen molar-refractivity contribution in [2.24, 2.45) is 0 Å². The molecule has 1 saturated heterocycles. The minimum absolute atomic E-state index is 0.0509. The van der Waals surface area contributed by atoms with E-state index < -0.39 is 23.2 Å². The highest BCUT2D eigenvalue weighted by atomic mass is 19.1. The number of anilines is 1. The maximum Gasteiger partial charge on any atom is 0.251 e. The standard InChI is InChI=1S/C15H21F2N3O/c1-10(20-5-3-2-4-6-20)9-19-15(21)11-7-12(16)14(18)13(17)8-11/h7-8,10H,2-6,9,18H2,1H3,(H,19,21). The molecule has 21 heavy (non-hydrogen) atoms. The third-order valence-electron chi connectivity index (χ3n) is 3.91. The first-order chi connectivity index (χ1) is 9.99. The number of carbonyl (C=O) groups excluding carboxylic acids is 1. The van der Waals surface area contributed by atoms with Crippen molar-refractivity contribution in [1.82, 2.24) is 10.2 Å². The van der Waals surface area contributed by atoms with Crippen LogP contribution in [0.2, 0.25) is 0 Å². The van der Waals surface area contributed by atoms with Gasteiger partial charge in [0.1, 0.15) is 17.3 Å². The first-order valence-electron chi connectivity index (χ1n) is 7.26. The van der Waals surface area contributed by atoms with Gasteiger partial charge in [-0.3, -0.25) is 9.69 Å². The van der Waals surface area contributed by atoms with E-state index in [9.17, 15) is 13.6 Å². The van der Waals surface area contributed by atoms with Gasteiger partial charge in [0.05, 0.1) is 0 Å². The van der Waals surface area contributed by atoms with Gasteiger partial charge < -0.3 is 11.1 Å². The number of carbonyl (C=O) groups is 1. The number of hydrogen-bond donors (Lipinski definition) is 2. The third-order valence-corrected chi connectivity index (χ3v) is 3.91. The molecule has 0 radical (unpaired) electrons. The van der Waals surface area contributed by atoms with E-state index in [0.717, 1.165) is 25.2 Å². The molecular weight excluding hydrogens is 276 g/mol. The van der Waals surface area contributed by atoms with Gasteiger partial charge in [0.15, 0.2) is 0 Å². The Hall–Kier alpha value is -1.69. The van der Waals surface area contributed by atoms with Crippen LogP contribution in [0.5, 0.6) is 0 Å². The first kappa shape index (κ1) is 15.7. The quantitative estimate of drug-likeness (QED) is 0.837. The number of nitrogens with one attached hydrogen (secondary N) is 1. The van der Waals surface area contributed by atoms with Crippen LogP contribution in [-0.2, 0) is 0 Å². The second kappa shape index (κ2) is 6.85. The Morgan fingerprint density at radius 1 is 1.29 bits per heavy atom. The predicted octanol–water partition coefficient (Wildman–Crippen LogP) is 2.15. The number of amides is 1. The van der Waals surface area contributed by atoms with E-state index in [-0.39, 0.29) is 11.6 Å². The summed E-state index contributed by atoms with van der Waals surface area (Å²) in [5.74, 6) is -2.31. The van der Waals surface area contributed by atoms with Crippen LogP contribution < -0.4 is 11.1 Å². The largest absolute Gasteiger partial charge is 0.394 e. The Morgan fingerprint density at radius 2 is 1.86 bits per heavy atom. The van der Waals surface area contributed by atoms with Crippen LogP contribution in [0.25, 0.3) is 0 Å². The summed E-state index contributed by atoms with van der Waals surface area (Å²) in [6.45, 7) is 4.55. The molecule has 0 bridgehead atoms. The molecule has 4 nitrogen and oxygen atoms in total. The topological polar surface area (TPSA) is 58.4 Å². The fourth-order valence-electron chi connectivity index (χ4n) is 2.55. The Morgan fingerprint density at radius 3 is 2.43 bits per heavy atom. The summed E-state index contributed by atoms with van der Waals surface area (Å²) >= 11 is 0. The molecule has 6 heteroatoms. The molecule has 0 aliphatic carbocycles. The number of likely N-dealkylation sites (tertiary alicyclic amines) is 1. The molecule has 1 unspecified atom stereocenters. The lowest BCUT2D eigenvalue weighted by Gasteiger charge is -2.32. The number of piperidine rings is 1. The molecule has 116 valence electrons. The van der Waals surface area contributed by atoms with Crippen LogP contribution in [0.1, 0.15) is 36.5 Å². The molecule has 1 aliphatic rings. The van der Waals surface area contributed by atoms with Gasteiger partial charge >= 0.3 is 0 Å². The minimum Gasteiger partial charge on any atom is -0.394 e. The van der Waals surface area contributed by atoms with E-state index in [2.05, 4.69) is 10.2 Å². The van der Waals surface area contributed by atoms with Crippen molar-refractivity contribution in [3.63, 3.8) is 0 Å². The number of nitrogen functional groups attached to an aromatic ring is 1. The lowest BCUT2D eigenvalue weighted by atomic mass is 10.1. The van der Waals surface area contributed by atoms with E-state index in [1.165, 1.54) is 19.3 Å². The van der Waals surface area contributed by atoms with Gasteiger partial charge in [0, 0.05) is 18.2 Å². The Balaban J connectivity index is 1.92. The summed E-state index contributed by atoms with van der Waals surface area (Å²) in [6, 6.07) is 2.12. The van der Waals surface area contributed by atoms with Gasteiger partial charge in [-0.1, -0.05) is 6.42 Å². The lowest BCUT2D eigenvalue weighted by Crippen LogP contribution is -2.44. The average molecular weight is 297 g/mol. The lowest BCUT2D eigenvalue weighted by molar-refractivity contribution is 0.0929. The number of hydrogen-bond acceptors (Lipinski definition) is 3. The maximum absolute atomic E-state index is 13.3. The average Bonchev–Trinajstić information content (AvgIpc) is 2.50. The molecule has 1 atom stereocenters. The van der Waals surface area contributed by atoms with Gasteiger partial charge in [-0.05, 0) is 45.0 Å². The number of rotatable bonds is 4. The monoisotopic (exact) mass is 297 g/mol. The highest BCUT2D eigenvalue weighted by molar-refractivity contribution is 5.94. The van der Waals surface area contributed by atoms with Gasteiger partial charge in [-0.2, -0.15) is 0 Å². The summed E-state index contributed by atoms with van der Waals surface area (Å²) in [4.78, 5) is 14.3. The number of benzene rings is 1. The zero-order chi connectivity index (χ0) is 15.4. The van der Waals surface area contributed by atoms with Crippen LogP contribution in [0.3, 0.4) is 0 Å². The SMILES string of the molecule is CC(CNC(=O)c1cc(F)c(N)c(F)c1)N1CCCCC1. The van der Waals surface area contributed by atoms with Crippen molar-refractivity contribution in [3.05, 3.63) is 29.3 Å². The van der Waals surface area contributed by atoms with E-state index >= 15 is 0 Å². The molecule has 3 N–H and O–H groups in total. The predicted molar refractivity (Wildman–Crippen MR) is 78.0 cm³/mol. The Bertz CT molecular complexity index is 493. The van der Waals surface area contributed by atoms with Gasteiger partial charge in [-0.25, -0.2) is 8.78 Å². The summed E-state index contributed by atoms with van der Waals surface area (Å²) in [7, 11) is 0. The van der Waals surface area contributed by atoms with Crippen LogP contribution >= 0.6 is 0 Å². The summed E-state index contributed by atoms with van der Waals surface area (Å²) in [5.41, 5.74) is 4.57. The van der Waals surface area contributed by atoms with Crippen molar-refractivity contribution < 1.29 is 13.6 Å². The zero-order valence-electron chi connectivity index (χ0n) is 12.2. The molecule has 1 aromatic carbocycles. The zero-order valence-corrected chi connectivity index (χ0v) is 12.2. The molecule has 1 aliphatic heterocycles. The molecule has 0 aromatic heterocycles. The Labute approximate surface area is 123 Å². The molecule has 2 rings (SSSR count). The second-order valence-corrected chi connectivity index (χ2v) is 5.51. The molecule has 1 amide bonds. The number of nitrogens with zero attached hydrogens (tertiary/aromatic N) is 1. The fourth-order valence-corrected chi connectivity index (χ4v) is 2.55. The van der Waals surface area contributed by atoms with Gasteiger partial charge in [0.2, 0.25) is 0 Å². The van der Waals surface area contributed by atoms with Crippen LogP contribution in [0.15, 0.2) is 12.1 Å². The normalized spacial score (nSPS) is 17.5. The summed E-state index contributed by atoms with van der Waals surface area (Å²) in [6.07, 6.45) is 3.60. The maximum atomic E-state index is 13.3. The van der Waals surface area contributed by atoms with Crippen LogP contribution in [-0.4, -0.2) is 36.5 Å². The van der Waals surface area contributed by atoms with E-state index in [0.29, 0.717) is 6.54 Å². The molecule has 0 saturated carbocycles. The van der Waals surface area contributed by atoms with Crippen LogP contribution in [0, 0.1) is 11.6 Å². The number of nitrogens with two attached hydrogens (primary N) is 1. The highest BCUT2D eigenvalue weighted by Crippen LogP contribution is 2.17. The van der Waals surface area contributed by atoms with Crippen molar-refractivity contribution in [3.8, 4) is 0 Å². The Kier molecular flexibility index (Phi) is 5.12. The third kappa shape index (κ3) is 3.91. The minimum atomic E-state index is -0.913. The number of halogens is 2. The van der Waals surface area contributed by atoms with E-state index in [1.54, 1.807) is 0 Å². The molecule has 1 fully saturated rings. The summed E-state index contributed by atoms with van der Waals surface area (Å²) in [5, 5.41) is 2.72. The van der Waals surface area contributed by atoms with Crippen molar-refractivity contribution in [2.45, 2.75) is 32.2 Å².